The number of hydrogen-bond donors (Lipinski definition) is 2. The Bertz CT molecular complexity index is 1270. The van der Waals surface area contributed by atoms with Gasteiger partial charge in [0.2, 0.25) is 11.9 Å². The van der Waals surface area contributed by atoms with Crippen molar-refractivity contribution in [2.24, 2.45) is 10.2 Å². The molecule has 17 heteroatoms. The molecule has 2 aromatic carbocycles. The lowest BCUT2D eigenvalue weighted by Gasteiger charge is -2.11. The standard InChI is InChI=1S/C22H19F6N7O4/c1-2-37-17(36)12-29-18-32-19(31-14-5-9-16(10-6-14)39-22(26,27)28)34-20(33-18)35-30-11-13-3-7-15(8-4-13)38-21(23,24)25/h3-10H,2,11-12H2,1H3,(H2,29,31,32,33,34). The van der Waals surface area contributed by atoms with Crippen LogP contribution in [0.25, 0.3) is 0 Å². The van der Waals surface area contributed by atoms with Crippen molar-refractivity contribution in [3.63, 3.8) is 0 Å². The summed E-state index contributed by atoms with van der Waals surface area (Å²) in [6, 6.07) is 9.66. The summed E-state index contributed by atoms with van der Waals surface area (Å²) in [4.78, 5) is 23.8. The second kappa shape index (κ2) is 12.7. The minimum Gasteiger partial charge on any atom is -0.465 e. The van der Waals surface area contributed by atoms with Gasteiger partial charge in [0.15, 0.2) is 0 Å². The van der Waals surface area contributed by atoms with E-state index in [2.05, 4.69) is 45.3 Å². The van der Waals surface area contributed by atoms with Crippen molar-refractivity contribution in [2.45, 2.75) is 26.2 Å². The largest absolute Gasteiger partial charge is 0.573 e. The number of halogens is 6. The fourth-order valence-electron chi connectivity index (χ4n) is 2.75. The van der Waals surface area contributed by atoms with Crippen molar-refractivity contribution in [1.82, 2.24) is 15.0 Å². The van der Waals surface area contributed by atoms with Crippen LogP contribution in [-0.4, -0.2) is 46.8 Å². The lowest BCUT2D eigenvalue weighted by molar-refractivity contribution is -0.275. The number of azo groups is 1. The summed E-state index contributed by atoms with van der Waals surface area (Å²) < 4.78 is 86.4. The number of aromatic nitrogens is 3. The molecule has 0 spiro atoms. The zero-order valence-electron chi connectivity index (χ0n) is 19.9. The Labute approximate surface area is 216 Å². The Hall–Kier alpha value is -4.70. The number of carbonyl (C=O) groups excluding carboxylic acids is 1. The number of nitrogens with one attached hydrogen (secondary N) is 2. The third-order valence-electron chi connectivity index (χ3n) is 4.23. The first kappa shape index (κ1) is 28.9. The molecule has 0 saturated heterocycles. The molecule has 0 amide bonds. The van der Waals surface area contributed by atoms with E-state index in [9.17, 15) is 31.1 Å². The summed E-state index contributed by atoms with van der Waals surface area (Å²) in [5.41, 5.74) is 0.790. The summed E-state index contributed by atoms with van der Waals surface area (Å²) >= 11 is 0. The topological polar surface area (TPSA) is 132 Å². The van der Waals surface area contributed by atoms with E-state index in [-0.39, 0.29) is 43.2 Å². The molecule has 3 aromatic rings. The second-order valence-electron chi connectivity index (χ2n) is 7.23. The van der Waals surface area contributed by atoms with Crippen LogP contribution in [0.2, 0.25) is 0 Å². The maximum absolute atomic E-state index is 12.4. The first-order valence-corrected chi connectivity index (χ1v) is 10.9. The number of anilines is 3. The number of carbonyl (C=O) groups is 1. The second-order valence-corrected chi connectivity index (χ2v) is 7.23. The van der Waals surface area contributed by atoms with Gasteiger partial charge in [0.25, 0.3) is 5.95 Å². The number of nitrogens with zero attached hydrogens (tertiary/aromatic N) is 5. The highest BCUT2D eigenvalue weighted by Gasteiger charge is 2.31. The Kier molecular flexibility index (Phi) is 9.40. The maximum Gasteiger partial charge on any atom is 0.573 e. The summed E-state index contributed by atoms with van der Waals surface area (Å²) in [7, 11) is 0. The first-order valence-electron chi connectivity index (χ1n) is 10.9. The maximum atomic E-state index is 12.4. The minimum atomic E-state index is -4.85. The van der Waals surface area contributed by atoms with E-state index < -0.39 is 30.2 Å². The highest BCUT2D eigenvalue weighted by molar-refractivity contribution is 5.74. The Morgan fingerprint density at radius 2 is 1.41 bits per heavy atom. The smallest absolute Gasteiger partial charge is 0.465 e. The molecule has 11 nitrogen and oxygen atoms in total. The normalized spacial score (nSPS) is 11.8. The summed E-state index contributed by atoms with van der Waals surface area (Å²) in [5.74, 6) is -1.83. The zero-order chi connectivity index (χ0) is 28.5. The van der Waals surface area contributed by atoms with Crippen molar-refractivity contribution in [2.75, 3.05) is 23.8 Å². The van der Waals surface area contributed by atoms with Crippen molar-refractivity contribution < 1.29 is 45.3 Å². The number of hydrogen-bond acceptors (Lipinski definition) is 11. The van der Waals surface area contributed by atoms with Crippen LogP contribution in [0.3, 0.4) is 0 Å². The van der Waals surface area contributed by atoms with E-state index in [4.69, 9.17) is 4.74 Å². The van der Waals surface area contributed by atoms with Crippen LogP contribution in [0, 0.1) is 0 Å². The Balaban J connectivity index is 1.74. The molecule has 2 N–H and O–H groups in total. The van der Waals surface area contributed by atoms with Gasteiger partial charge in [-0.25, -0.2) is 0 Å². The molecule has 3 rings (SSSR count). The predicted molar refractivity (Wildman–Crippen MR) is 123 cm³/mol. The van der Waals surface area contributed by atoms with Crippen molar-refractivity contribution in [1.29, 1.82) is 0 Å². The van der Waals surface area contributed by atoms with E-state index in [1.807, 2.05) is 0 Å². The average molecular weight is 559 g/mol. The molecule has 0 fully saturated rings. The van der Waals surface area contributed by atoms with E-state index >= 15 is 0 Å². The van der Waals surface area contributed by atoms with Crippen LogP contribution >= 0.6 is 0 Å². The summed E-state index contributed by atoms with van der Waals surface area (Å²) in [6.45, 7) is 1.45. The van der Waals surface area contributed by atoms with Crippen molar-refractivity contribution in [3.05, 3.63) is 54.1 Å². The Morgan fingerprint density at radius 3 is 1.97 bits per heavy atom. The molecule has 0 aliphatic heterocycles. The molecular weight excluding hydrogens is 540 g/mol. The molecule has 39 heavy (non-hydrogen) atoms. The molecular formula is C22H19F6N7O4. The number of rotatable bonds is 11. The van der Waals surface area contributed by atoms with Gasteiger partial charge in [-0.2, -0.15) is 20.1 Å². The summed E-state index contributed by atoms with van der Waals surface area (Å²) in [5, 5.41) is 13.2. The van der Waals surface area contributed by atoms with E-state index in [0.717, 1.165) is 24.3 Å². The van der Waals surface area contributed by atoms with Crippen molar-refractivity contribution >= 4 is 29.5 Å². The molecule has 0 aliphatic rings. The van der Waals surface area contributed by atoms with Crippen molar-refractivity contribution in [3.8, 4) is 11.5 Å². The van der Waals surface area contributed by atoms with Crippen LogP contribution in [0.5, 0.6) is 11.5 Å². The lowest BCUT2D eigenvalue weighted by Crippen LogP contribution is -2.18. The van der Waals surface area contributed by atoms with Gasteiger partial charge < -0.3 is 24.8 Å². The van der Waals surface area contributed by atoms with E-state index in [1.54, 1.807) is 6.92 Å². The monoisotopic (exact) mass is 559 g/mol. The minimum absolute atomic E-state index is 0.0486. The molecule has 0 bridgehead atoms. The Morgan fingerprint density at radius 1 is 0.846 bits per heavy atom. The molecule has 0 aliphatic carbocycles. The number of alkyl halides is 6. The van der Waals surface area contributed by atoms with Gasteiger partial charge in [-0.1, -0.05) is 12.1 Å². The number of benzene rings is 2. The highest BCUT2D eigenvalue weighted by atomic mass is 19.4. The fraction of sp³-hybridized carbons (Fsp3) is 0.273. The highest BCUT2D eigenvalue weighted by Crippen LogP contribution is 2.26. The average Bonchev–Trinajstić information content (AvgIpc) is 2.83. The molecule has 0 unspecified atom stereocenters. The van der Waals surface area contributed by atoms with Gasteiger partial charge in [0, 0.05) is 5.69 Å². The number of esters is 1. The third-order valence-corrected chi connectivity index (χ3v) is 4.23. The van der Waals surface area contributed by atoms with E-state index in [1.165, 1.54) is 24.3 Å². The zero-order valence-corrected chi connectivity index (χ0v) is 19.9. The fourth-order valence-corrected chi connectivity index (χ4v) is 2.75. The molecule has 208 valence electrons. The van der Waals surface area contributed by atoms with Gasteiger partial charge in [-0.15, -0.1) is 31.5 Å². The molecule has 0 radical (unpaired) electrons. The third kappa shape index (κ3) is 10.7. The van der Waals surface area contributed by atoms with Gasteiger partial charge in [0.1, 0.15) is 18.0 Å². The SMILES string of the molecule is CCOC(=O)CNc1nc(N=NCc2ccc(OC(F)(F)F)cc2)nc(Nc2ccc(OC(F)(F)F)cc2)n1. The van der Waals surface area contributed by atoms with Gasteiger partial charge in [-0.3, -0.25) is 4.79 Å². The van der Waals surface area contributed by atoms with Crippen LogP contribution in [-0.2, 0) is 16.1 Å². The summed E-state index contributed by atoms with van der Waals surface area (Å²) in [6.07, 6.45) is -9.66. The van der Waals surface area contributed by atoms with Gasteiger partial charge >= 0.3 is 18.7 Å². The van der Waals surface area contributed by atoms with Crippen LogP contribution in [0.4, 0.5) is 49.9 Å². The van der Waals surface area contributed by atoms with E-state index in [0.29, 0.717) is 5.56 Å². The van der Waals surface area contributed by atoms with Crippen LogP contribution in [0.1, 0.15) is 12.5 Å². The van der Waals surface area contributed by atoms with Crippen LogP contribution in [0.15, 0.2) is 58.8 Å². The van der Waals surface area contributed by atoms with Crippen LogP contribution < -0.4 is 20.1 Å². The lowest BCUT2D eigenvalue weighted by atomic mass is 10.2. The number of ether oxygens (including phenoxy) is 3. The molecule has 0 atom stereocenters. The first-order chi connectivity index (χ1) is 18.4. The molecule has 1 aromatic heterocycles. The molecule has 0 saturated carbocycles. The quantitative estimate of drug-likeness (QED) is 0.173. The molecule has 1 heterocycles. The predicted octanol–water partition coefficient (Wildman–Crippen LogP) is 5.67. The van der Waals surface area contributed by atoms with Gasteiger partial charge in [0.05, 0.1) is 13.2 Å². The van der Waals surface area contributed by atoms with Gasteiger partial charge in [-0.05, 0) is 48.9 Å².